The third kappa shape index (κ3) is 6.49. The Morgan fingerprint density at radius 3 is 2.31 bits per heavy atom. The van der Waals surface area contributed by atoms with Crippen molar-refractivity contribution in [1.29, 1.82) is 0 Å². The van der Waals surface area contributed by atoms with Crippen molar-refractivity contribution in [2.45, 2.75) is 66.2 Å². The lowest BCUT2D eigenvalue weighted by Gasteiger charge is -2.30. The first-order valence-electron chi connectivity index (χ1n) is 6.74. The molecule has 1 aliphatic rings. The minimum Gasteiger partial charge on any atom is -0.299 e. The van der Waals surface area contributed by atoms with Crippen molar-refractivity contribution in [3.05, 3.63) is 0 Å². The second-order valence-electron chi connectivity index (χ2n) is 4.70. The lowest BCUT2D eigenvalue weighted by molar-refractivity contribution is -0.175. The van der Waals surface area contributed by atoms with Gasteiger partial charge >= 0.3 is 0 Å². The van der Waals surface area contributed by atoms with Gasteiger partial charge in [-0.25, -0.2) is 0 Å². The lowest BCUT2D eigenvalue weighted by Crippen LogP contribution is -2.34. The highest BCUT2D eigenvalue weighted by molar-refractivity contribution is 4.67. The standard InChI is InChI=1S/C13H27NO.CH4/c1-3-5-6-12-15-14-10-8-13(7-4-2)9-11-14;/h13H,3-12H2,1-2H3;1H4. The molecule has 2 nitrogen and oxygen atoms in total. The number of rotatable bonds is 7. The Kier molecular flexibility index (Phi) is 10.0. The predicted octanol–water partition coefficient (Wildman–Crippen LogP) is 4.26. The molecule has 0 aromatic heterocycles. The molecule has 0 bridgehead atoms. The Hall–Kier alpha value is -0.0800. The smallest absolute Gasteiger partial charge is 0.0685 e. The van der Waals surface area contributed by atoms with E-state index in [0.29, 0.717) is 0 Å². The molecule has 0 aromatic rings. The van der Waals surface area contributed by atoms with Gasteiger partial charge in [0.25, 0.3) is 0 Å². The molecule has 1 heterocycles. The van der Waals surface area contributed by atoms with E-state index in [1.807, 2.05) is 0 Å². The number of hydrogen-bond acceptors (Lipinski definition) is 2. The summed E-state index contributed by atoms with van der Waals surface area (Å²) in [7, 11) is 0. The Bertz CT molecular complexity index is 139. The molecule has 0 amide bonds. The number of hydroxylamine groups is 2. The van der Waals surface area contributed by atoms with Gasteiger partial charge in [0.2, 0.25) is 0 Å². The Labute approximate surface area is 102 Å². The summed E-state index contributed by atoms with van der Waals surface area (Å²) in [5.41, 5.74) is 0. The predicted molar refractivity (Wildman–Crippen MR) is 71.4 cm³/mol. The summed E-state index contributed by atoms with van der Waals surface area (Å²) < 4.78 is 0. The van der Waals surface area contributed by atoms with Crippen molar-refractivity contribution in [3.8, 4) is 0 Å². The van der Waals surface area contributed by atoms with Gasteiger partial charge in [-0.3, -0.25) is 4.84 Å². The molecule has 0 N–H and O–H groups in total. The topological polar surface area (TPSA) is 12.5 Å². The van der Waals surface area contributed by atoms with Gasteiger partial charge in [0.1, 0.15) is 0 Å². The van der Waals surface area contributed by atoms with Crippen LogP contribution in [0.1, 0.15) is 66.2 Å². The number of hydrogen-bond donors (Lipinski definition) is 0. The van der Waals surface area contributed by atoms with Crippen molar-refractivity contribution >= 4 is 0 Å². The van der Waals surface area contributed by atoms with Gasteiger partial charge in [0.05, 0.1) is 6.61 Å². The van der Waals surface area contributed by atoms with E-state index in [2.05, 4.69) is 18.9 Å². The zero-order chi connectivity index (χ0) is 10.9. The molecule has 16 heavy (non-hydrogen) atoms. The maximum atomic E-state index is 5.74. The Balaban J connectivity index is 0.00000225. The van der Waals surface area contributed by atoms with Crippen LogP contribution in [0.25, 0.3) is 0 Å². The summed E-state index contributed by atoms with van der Waals surface area (Å²) in [4.78, 5) is 5.74. The molecular formula is C14H31NO. The molecule has 1 fully saturated rings. The fraction of sp³-hybridized carbons (Fsp3) is 1.00. The molecule has 0 radical (unpaired) electrons. The average molecular weight is 229 g/mol. The van der Waals surface area contributed by atoms with Gasteiger partial charge < -0.3 is 0 Å². The molecule has 2 heteroatoms. The van der Waals surface area contributed by atoms with Crippen LogP contribution in [0, 0.1) is 5.92 Å². The van der Waals surface area contributed by atoms with Crippen LogP contribution in [0.3, 0.4) is 0 Å². The molecule has 0 unspecified atom stereocenters. The third-order valence-corrected chi connectivity index (χ3v) is 3.29. The van der Waals surface area contributed by atoms with Crippen LogP contribution in [0.2, 0.25) is 0 Å². The average Bonchev–Trinajstić information content (AvgIpc) is 2.27. The molecule has 0 aromatic carbocycles. The van der Waals surface area contributed by atoms with Gasteiger partial charge in [-0.15, -0.1) is 0 Å². The van der Waals surface area contributed by atoms with E-state index in [1.54, 1.807) is 0 Å². The molecule has 0 spiro atoms. The highest BCUT2D eigenvalue weighted by Gasteiger charge is 2.18. The highest BCUT2D eigenvalue weighted by Crippen LogP contribution is 2.21. The van der Waals surface area contributed by atoms with E-state index in [4.69, 9.17) is 4.84 Å². The number of unbranched alkanes of at least 4 members (excludes halogenated alkanes) is 2. The lowest BCUT2D eigenvalue weighted by atomic mass is 9.93. The summed E-state index contributed by atoms with van der Waals surface area (Å²) in [5.74, 6) is 0.963. The van der Waals surface area contributed by atoms with Crippen molar-refractivity contribution in [2.24, 2.45) is 5.92 Å². The monoisotopic (exact) mass is 229 g/mol. The fourth-order valence-electron chi connectivity index (χ4n) is 2.28. The normalized spacial score (nSPS) is 18.4. The maximum absolute atomic E-state index is 5.74. The fourth-order valence-corrected chi connectivity index (χ4v) is 2.28. The first kappa shape index (κ1) is 15.9. The van der Waals surface area contributed by atoms with Gasteiger partial charge in [-0.05, 0) is 25.2 Å². The zero-order valence-electron chi connectivity index (χ0n) is 10.5. The summed E-state index contributed by atoms with van der Waals surface area (Å²) in [6.45, 7) is 7.74. The second-order valence-corrected chi connectivity index (χ2v) is 4.70. The van der Waals surface area contributed by atoms with Crippen molar-refractivity contribution in [2.75, 3.05) is 19.7 Å². The van der Waals surface area contributed by atoms with Crippen LogP contribution in [0.15, 0.2) is 0 Å². The summed E-state index contributed by atoms with van der Waals surface area (Å²) in [6.07, 6.45) is 9.20. The van der Waals surface area contributed by atoms with Gasteiger partial charge in [0.15, 0.2) is 0 Å². The summed E-state index contributed by atoms with van der Waals surface area (Å²) in [6, 6.07) is 0. The van der Waals surface area contributed by atoms with E-state index in [1.165, 1.54) is 44.9 Å². The minimum absolute atomic E-state index is 0. The van der Waals surface area contributed by atoms with Crippen molar-refractivity contribution in [3.63, 3.8) is 0 Å². The Morgan fingerprint density at radius 1 is 1.06 bits per heavy atom. The van der Waals surface area contributed by atoms with Crippen LogP contribution >= 0.6 is 0 Å². The van der Waals surface area contributed by atoms with Crippen LogP contribution in [-0.2, 0) is 4.84 Å². The minimum atomic E-state index is 0. The molecular weight excluding hydrogens is 198 g/mol. The van der Waals surface area contributed by atoms with E-state index in [-0.39, 0.29) is 7.43 Å². The van der Waals surface area contributed by atoms with Gasteiger partial charge in [0, 0.05) is 13.1 Å². The van der Waals surface area contributed by atoms with E-state index < -0.39 is 0 Å². The van der Waals surface area contributed by atoms with Gasteiger partial charge in [-0.1, -0.05) is 47.0 Å². The maximum Gasteiger partial charge on any atom is 0.0685 e. The second kappa shape index (κ2) is 10.1. The van der Waals surface area contributed by atoms with Crippen LogP contribution in [-0.4, -0.2) is 24.8 Å². The summed E-state index contributed by atoms with van der Waals surface area (Å²) >= 11 is 0. The molecule has 0 aliphatic carbocycles. The first-order valence-corrected chi connectivity index (χ1v) is 6.74. The molecule has 1 rings (SSSR count). The van der Waals surface area contributed by atoms with Crippen LogP contribution < -0.4 is 0 Å². The van der Waals surface area contributed by atoms with E-state index in [9.17, 15) is 0 Å². The van der Waals surface area contributed by atoms with E-state index in [0.717, 1.165) is 25.6 Å². The van der Waals surface area contributed by atoms with Gasteiger partial charge in [-0.2, -0.15) is 5.06 Å². The van der Waals surface area contributed by atoms with Crippen molar-refractivity contribution in [1.82, 2.24) is 5.06 Å². The highest BCUT2D eigenvalue weighted by atomic mass is 16.7. The molecule has 98 valence electrons. The third-order valence-electron chi connectivity index (χ3n) is 3.29. The summed E-state index contributed by atoms with van der Waals surface area (Å²) in [5, 5.41) is 2.18. The van der Waals surface area contributed by atoms with Crippen LogP contribution in [0.4, 0.5) is 0 Å². The van der Waals surface area contributed by atoms with Crippen LogP contribution in [0.5, 0.6) is 0 Å². The molecule has 1 saturated heterocycles. The van der Waals surface area contributed by atoms with Crippen molar-refractivity contribution < 1.29 is 4.84 Å². The first-order chi connectivity index (χ1) is 7.36. The Morgan fingerprint density at radius 2 is 1.75 bits per heavy atom. The zero-order valence-corrected chi connectivity index (χ0v) is 10.5. The quantitative estimate of drug-likeness (QED) is 0.605. The molecule has 0 atom stereocenters. The number of nitrogens with zero attached hydrogens (tertiary/aromatic N) is 1. The molecule has 1 aliphatic heterocycles. The van der Waals surface area contributed by atoms with E-state index >= 15 is 0 Å². The number of piperidine rings is 1. The largest absolute Gasteiger partial charge is 0.299 e. The SMILES string of the molecule is C.CCCCCON1CCC(CCC)CC1. The molecule has 0 saturated carbocycles.